The lowest BCUT2D eigenvalue weighted by Crippen LogP contribution is -2.20. The number of ether oxygens (including phenoxy) is 3. The van der Waals surface area contributed by atoms with E-state index in [-0.39, 0.29) is 18.0 Å². The third-order valence-electron chi connectivity index (χ3n) is 11.4. The molecule has 0 bridgehead atoms. The molecule has 0 spiro atoms. The Balaban J connectivity index is 0. The van der Waals surface area contributed by atoms with E-state index in [9.17, 15) is 9.59 Å². The van der Waals surface area contributed by atoms with Crippen molar-refractivity contribution in [3.8, 4) is 0 Å². The standard InChI is InChI=1S/C55H101NO5.CH2O/c1-5-7-9-41-50-59-51-42-37-33-29-25-21-17-12-11-14-18-22-26-30-34-38-45-53(61-55(58)48-44-49-56(3)4)46-39-35-31-27-23-19-15-13-16-20-24-28-32-36-40-47-54(57)60-52-43-10-8-6-2;1-2/h9-13,16,41,43,53H,5-8,14-15,17-40,42,44-52H2,1-4H3;1H2/b12-11-,16-13-,41-9-,43-10-;. The van der Waals surface area contributed by atoms with Crippen molar-refractivity contribution >= 4 is 18.7 Å². The van der Waals surface area contributed by atoms with Crippen molar-refractivity contribution in [3.05, 3.63) is 48.6 Å². The smallest absolute Gasteiger partial charge is 0.306 e. The van der Waals surface area contributed by atoms with Gasteiger partial charge in [-0.2, -0.15) is 0 Å². The molecule has 0 aliphatic rings. The van der Waals surface area contributed by atoms with E-state index in [1.54, 1.807) is 0 Å². The van der Waals surface area contributed by atoms with Gasteiger partial charge in [0, 0.05) is 19.4 Å². The van der Waals surface area contributed by atoms with Crippen LogP contribution < -0.4 is 0 Å². The number of hydrogen-bond acceptors (Lipinski definition) is 7. The first-order valence-corrected chi connectivity index (χ1v) is 26.5. The van der Waals surface area contributed by atoms with Gasteiger partial charge in [0.2, 0.25) is 0 Å². The number of nitrogens with zero attached hydrogens (tertiary/aromatic N) is 1. The first-order valence-electron chi connectivity index (χ1n) is 26.5. The van der Waals surface area contributed by atoms with Gasteiger partial charge in [-0.05, 0) is 130 Å². The Hall–Kier alpha value is -2.51. The molecule has 0 aliphatic heterocycles. The third kappa shape index (κ3) is 55.6. The SMILES string of the molecule is C=O.CCC/C=C\COCCCCCCCC/C=C\CCCCCCCCC(CCCCCCCC/C=C\CCCCCCCC(=O)OC/C=C\CCC)OC(=O)CCCN(C)C. The Labute approximate surface area is 391 Å². The van der Waals surface area contributed by atoms with Gasteiger partial charge in [-0.25, -0.2) is 0 Å². The van der Waals surface area contributed by atoms with E-state index >= 15 is 0 Å². The van der Waals surface area contributed by atoms with Gasteiger partial charge in [-0.15, -0.1) is 0 Å². The maximum atomic E-state index is 12.6. The summed E-state index contributed by atoms with van der Waals surface area (Å²) >= 11 is 0. The van der Waals surface area contributed by atoms with Crippen molar-refractivity contribution in [1.82, 2.24) is 4.90 Å². The number of allylic oxidation sites excluding steroid dienone is 6. The molecule has 368 valence electrons. The number of rotatable bonds is 48. The number of unbranched alkanes of at least 4 members (excludes halogenated alkanes) is 25. The minimum absolute atomic E-state index is 0.00343. The Morgan fingerprint density at radius 2 is 0.825 bits per heavy atom. The molecule has 7 heteroatoms. The van der Waals surface area contributed by atoms with E-state index in [2.05, 4.69) is 75.4 Å². The summed E-state index contributed by atoms with van der Waals surface area (Å²) in [5.41, 5.74) is 0. The van der Waals surface area contributed by atoms with Gasteiger partial charge < -0.3 is 23.9 Å². The lowest BCUT2D eigenvalue weighted by atomic mass is 10.0. The van der Waals surface area contributed by atoms with Crippen LogP contribution in [0.3, 0.4) is 0 Å². The van der Waals surface area contributed by atoms with E-state index in [1.807, 2.05) is 12.9 Å². The van der Waals surface area contributed by atoms with Crippen LogP contribution >= 0.6 is 0 Å². The Morgan fingerprint density at radius 1 is 0.444 bits per heavy atom. The van der Waals surface area contributed by atoms with Crippen molar-refractivity contribution in [1.29, 1.82) is 0 Å². The molecule has 0 saturated heterocycles. The molecule has 0 amide bonds. The molecule has 0 aliphatic carbocycles. The average Bonchev–Trinajstić information content (AvgIpc) is 3.28. The van der Waals surface area contributed by atoms with E-state index in [4.69, 9.17) is 19.0 Å². The average molecular weight is 886 g/mol. The molecule has 0 aromatic heterocycles. The van der Waals surface area contributed by atoms with Crippen LogP contribution in [0.15, 0.2) is 48.6 Å². The third-order valence-corrected chi connectivity index (χ3v) is 11.4. The van der Waals surface area contributed by atoms with Crippen LogP contribution in [-0.2, 0) is 28.6 Å². The highest BCUT2D eigenvalue weighted by molar-refractivity contribution is 5.69. The molecule has 0 N–H and O–H groups in total. The molecule has 1 unspecified atom stereocenters. The van der Waals surface area contributed by atoms with Gasteiger partial charge in [0.1, 0.15) is 19.5 Å². The molecular weight excluding hydrogens is 783 g/mol. The Kier molecular flexibility index (Phi) is 55.2. The van der Waals surface area contributed by atoms with Gasteiger partial charge in [-0.1, -0.05) is 172 Å². The Bertz CT molecular complexity index is 1050. The predicted molar refractivity (Wildman–Crippen MR) is 271 cm³/mol. The quantitative estimate of drug-likeness (QED) is 0.0342. The number of hydrogen-bond donors (Lipinski definition) is 0. The van der Waals surface area contributed by atoms with Crippen molar-refractivity contribution in [3.63, 3.8) is 0 Å². The molecule has 0 aromatic rings. The topological polar surface area (TPSA) is 82.1 Å². The summed E-state index contributed by atoms with van der Waals surface area (Å²) in [5.74, 6) is -0.0679. The zero-order valence-corrected chi connectivity index (χ0v) is 42.1. The normalized spacial score (nSPS) is 12.3. The summed E-state index contributed by atoms with van der Waals surface area (Å²) < 4.78 is 17.0. The fourth-order valence-corrected chi connectivity index (χ4v) is 7.51. The largest absolute Gasteiger partial charge is 0.462 e. The monoisotopic (exact) mass is 886 g/mol. The predicted octanol–water partition coefficient (Wildman–Crippen LogP) is 16.1. The molecule has 0 rings (SSSR count). The van der Waals surface area contributed by atoms with Crippen molar-refractivity contribution in [2.24, 2.45) is 0 Å². The molecule has 7 nitrogen and oxygen atoms in total. The number of carbonyl (C=O) groups is 3. The van der Waals surface area contributed by atoms with Gasteiger partial charge >= 0.3 is 11.9 Å². The summed E-state index contributed by atoms with van der Waals surface area (Å²) in [6, 6.07) is 0. The van der Waals surface area contributed by atoms with Gasteiger partial charge in [0.15, 0.2) is 0 Å². The van der Waals surface area contributed by atoms with Gasteiger partial charge in [0.25, 0.3) is 0 Å². The van der Waals surface area contributed by atoms with Crippen LogP contribution in [0.25, 0.3) is 0 Å². The molecule has 0 aromatic carbocycles. The van der Waals surface area contributed by atoms with Crippen LogP contribution in [0.2, 0.25) is 0 Å². The fourth-order valence-electron chi connectivity index (χ4n) is 7.51. The second kappa shape index (κ2) is 55.6. The van der Waals surface area contributed by atoms with Crippen LogP contribution in [0.5, 0.6) is 0 Å². The Morgan fingerprint density at radius 3 is 1.29 bits per heavy atom. The van der Waals surface area contributed by atoms with Crippen molar-refractivity contribution < 1.29 is 28.6 Å². The zero-order chi connectivity index (χ0) is 46.4. The molecule has 0 saturated carbocycles. The summed E-state index contributed by atoms with van der Waals surface area (Å²) in [6.45, 7) is 9.38. The summed E-state index contributed by atoms with van der Waals surface area (Å²) in [6.07, 6.45) is 60.2. The lowest BCUT2D eigenvalue weighted by Gasteiger charge is -2.18. The summed E-state index contributed by atoms with van der Waals surface area (Å²) in [5, 5.41) is 0. The van der Waals surface area contributed by atoms with Gasteiger partial charge in [-0.3, -0.25) is 9.59 Å². The minimum Gasteiger partial charge on any atom is -0.462 e. The van der Waals surface area contributed by atoms with Crippen LogP contribution in [0.4, 0.5) is 0 Å². The maximum absolute atomic E-state index is 12.6. The first-order chi connectivity index (χ1) is 31.0. The van der Waals surface area contributed by atoms with Crippen LogP contribution in [0, 0.1) is 0 Å². The van der Waals surface area contributed by atoms with E-state index < -0.39 is 0 Å². The van der Waals surface area contributed by atoms with Crippen LogP contribution in [0.1, 0.15) is 245 Å². The number of esters is 2. The fraction of sp³-hybridized carbons (Fsp3) is 0.804. The highest BCUT2D eigenvalue weighted by Gasteiger charge is 2.14. The maximum Gasteiger partial charge on any atom is 0.306 e. The van der Waals surface area contributed by atoms with Gasteiger partial charge in [0.05, 0.1) is 6.61 Å². The molecule has 0 heterocycles. The highest BCUT2D eigenvalue weighted by atomic mass is 16.5. The zero-order valence-electron chi connectivity index (χ0n) is 42.1. The van der Waals surface area contributed by atoms with E-state index in [0.717, 1.165) is 77.5 Å². The van der Waals surface area contributed by atoms with Crippen molar-refractivity contribution in [2.75, 3.05) is 40.5 Å². The van der Waals surface area contributed by atoms with E-state index in [1.165, 1.54) is 161 Å². The minimum atomic E-state index is -0.0645. The first kappa shape index (κ1) is 62.6. The second-order valence-corrected chi connectivity index (χ2v) is 17.9. The number of carbonyl (C=O) groups excluding carboxylic acids is 3. The van der Waals surface area contributed by atoms with Crippen molar-refractivity contribution in [2.45, 2.75) is 251 Å². The lowest BCUT2D eigenvalue weighted by molar-refractivity contribution is -0.150. The molecule has 0 fully saturated rings. The summed E-state index contributed by atoms with van der Waals surface area (Å²) in [7, 11) is 4.12. The highest BCUT2D eigenvalue weighted by Crippen LogP contribution is 2.19. The van der Waals surface area contributed by atoms with E-state index in [0.29, 0.717) is 19.4 Å². The molecule has 63 heavy (non-hydrogen) atoms. The second-order valence-electron chi connectivity index (χ2n) is 17.9. The molecule has 0 radical (unpaired) electrons. The van der Waals surface area contributed by atoms with Crippen LogP contribution in [-0.4, -0.2) is 70.2 Å². The molecule has 1 atom stereocenters. The summed E-state index contributed by atoms with van der Waals surface area (Å²) in [4.78, 5) is 34.5. The molecular formula is C56H103NO6.